The van der Waals surface area contributed by atoms with Gasteiger partial charge in [-0.25, -0.2) is 0 Å². The molecule has 0 aliphatic heterocycles. The van der Waals surface area contributed by atoms with Gasteiger partial charge in [-0.15, -0.1) is 0 Å². The van der Waals surface area contributed by atoms with E-state index >= 15 is 0 Å². The molecule has 1 aliphatic rings. The van der Waals surface area contributed by atoms with Crippen molar-refractivity contribution < 1.29 is 4.42 Å². The maximum absolute atomic E-state index is 6.37. The van der Waals surface area contributed by atoms with E-state index in [1.54, 1.807) is 0 Å². The predicted molar refractivity (Wildman–Crippen MR) is 164 cm³/mol. The highest BCUT2D eigenvalue weighted by molar-refractivity contribution is 6.21. The SMILES string of the molecule is C1=C(c2c3ccccc3c(-c3ccc(-c4ccccc4)cc3)c3ccccc23)c2c(oc3ccccc23)CC1. The smallest absolute Gasteiger partial charge is 0.134 e. The van der Waals surface area contributed by atoms with Gasteiger partial charge in [0, 0.05) is 17.4 Å². The van der Waals surface area contributed by atoms with E-state index in [0.29, 0.717) is 0 Å². The second-order valence-corrected chi connectivity index (χ2v) is 10.3. The molecule has 1 aliphatic carbocycles. The van der Waals surface area contributed by atoms with Crippen molar-refractivity contribution in [3.63, 3.8) is 0 Å². The first-order valence-corrected chi connectivity index (χ1v) is 13.7. The molecule has 1 heterocycles. The van der Waals surface area contributed by atoms with Gasteiger partial charge in [0.1, 0.15) is 11.3 Å². The molecule has 39 heavy (non-hydrogen) atoms. The van der Waals surface area contributed by atoms with Crippen LogP contribution in [0.4, 0.5) is 0 Å². The topological polar surface area (TPSA) is 13.1 Å². The minimum absolute atomic E-state index is 0.940. The first-order chi connectivity index (χ1) is 19.4. The third-order valence-corrected chi connectivity index (χ3v) is 8.14. The van der Waals surface area contributed by atoms with E-state index in [2.05, 4.69) is 133 Å². The lowest BCUT2D eigenvalue weighted by molar-refractivity contribution is 0.545. The summed E-state index contributed by atoms with van der Waals surface area (Å²) in [5, 5.41) is 6.32. The van der Waals surface area contributed by atoms with E-state index in [4.69, 9.17) is 4.42 Å². The summed E-state index contributed by atoms with van der Waals surface area (Å²) in [5.74, 6) is 1.10. The van der Waals surface area contributed by atoms with Crippen molar-refractivity contribution in [3.05, 3.63) is 150 Å². The fourth-order valence-electron chi connectivity index (χ4n) is 6.43. The van der Waals surface area contributed by atoms with Crippen LogP contribution in [0.2, 0.25) is 0 Å². The summed E-state index contributed by atoms with van der Waals surface area (Å²) in [4.78, 5) is 0. The first kappa shape index (κ1) is 22.1. The van der Waals surface area contributed by atoms with Crippen LogP contribution >= 0.6 is 0 Å². The van der Waals surface area contributed by atoms with Gasteiger partial charge in [0.05, 0.1) is 0 Å². The number of aryl methyl sites for hydroxylation is 1. The van der Waals surface area contributed by atoms with Gasteiger partial charge < -0.3 is 4.42 Å². The Bertz CT molecular complexity index is 1980. The van der Waals surface area contributed by atoms with Gasteiger partial charge in [0.15, 0.2) is 0 Å². The molecular formula is C38H26O. The number of allylic oxidation sites excluding steroid dienone is 1. The molecule has 0 atom stereocenters. The third-order valence-electron chi connectivity index (χ3n) is 8.14. The van der Waals surface area contributed by atoms with Crippen LogP contribution in [0.5, 0.6) is 0 Å². The van der Waals surface area contributed by atoms with Gasteiger partial charge in [-0.2, -0.15) is 0 Å². The summed E-state index contributed by atoms with van der Waals surface area (Å²) in [6, 6.07) is 45.9. The number of para-hydroxylation sites is 1. The highest BCUT2D eigenvalue weighted by atomic mass is 16.3. The van der Waals surface area contributed by atoms with Crippen LogP contribution in [0.15, 0.2) is 138 Å². The molecule has 6 aromatic carbocycles. The Kier molecular flexibility index (Phi) is 5.03. The van der Waals surface area contributed by atoms with Crippen molar-refractivity contribution in [2.24, 2.45) is 0 Å². The second-order valence-electron chi connectivity index (χ2n) is 10.3. The van der Waals surface area contributed by atoms with Crippen molar-refractivity contribution in [1.29, 1.82) is 0 Å². The van der Waals surface area contributed by atoms with Crippen molar-refractivity contribution >= 4 is 38.1 Å². The van der Waals surface area contributed by atoms with E-state index in [1.807, 2.05) is 0 Å². The summed E-state index contributed by atoms with van der Waals surface area (Å²) in [6.07, 6.45) is 4.34. The van der Waals surface area contributed by atoms with E-state index in [0.717, 1.165) is 24.2 Å². The summed E-state index contributed by atoms with van der Waals surface area (Å²) in [6.45, 7) is 0. The number of fused-ring (bicyclic) bond motifs is 5. The number of hydrogen-bond donors (Lipinski definition) is 0. The number of rotatable bonds is 3. The predicted octanol–water partition coefficient (Wildman–Crippen LogP) is 10.5. The molecule has 1 aromatic heterocycles. The summed E-state index contributed by atoms with van der Waals surface area (Å²) in [5.41, 5.74) is 9.82. The summed E-state index contributed by atoms with van der Waals surface area (Å²) in [7, 11) is 0. The van der Waals surface area contributed by atoms with Crippen LogP contribution in [-0.4, -0.2) is 0 Å². The average molecular weight is 499 g/mol. The zero-order valence-electron chi connectivity index (χ0n) is 21.5. The minimum Gasteiger partial charge on any atom is -0.460 e. The highest BCUT2D eigenvalue weighted by Crippen LogP contribution is 2.47. The van der Waals surface area contributed by atoms with Crippen LogP contribution in [0.3, 0.4) is 0 Å². The molecule has 8 rings (SSSR count). The fraction of sp³-hybridized carbons (Fsp3) is 0.0526. The van der Waals surface area contributed by atoms with Gasteiger partial charge in [-0.3, -0.25) is 0 Å². The average Bonchev–Trinajstić information content (AvgIpc) is 3.40. The molecule has 0 unspecified atom stereocenters. The maximum Gasteiger partial charge on any atom is 0.134 e. The van der Waals surface area contributed by atoms with Gasteiger partial charge in [-0.05, 0) is 67.4 Å². The fourth-order valence-corrected chi connectivity index (χ4v) is 6.43. The van der Waals surface area contributed by atoms with Crippen molar-refractivity contribution in [2.45, 2.75) is 12.8 Å². The summed E-state index contributed by atoms with van der Waals surface area (Å²) >= 11 is 0. The molecule has 0 radical (unpaired) electrons. The molecular weight excluding hydrogens is 472 g/mol. The molecule has 1 nitrogen and oxygen atoms in total. The van der Waals surface area contributed by atoms with E-state index in [9.17, 15) is 0 Å². The van der Waals surface area contributed by atoms with Crippen LogP contribution in [0, 0.1) is 0 Å². The third kappa shape index (κ3) is 3.47. The van der Waals surface area contributed by atoms with E-state index in [-0.39, 0.29) is 0 Å². The Morgan fingerprint density at radius 2 is 0.923 bits per heavy atom. The Balaban J connectivity index is 1.41. The second kappa shape index (κ2) is 8.85. The molecule has 1 heteroatoms. The lowest BCUT2D eigenvalue weighted by atomic mass is 9.81. The minimum atomic E-state index is 0.940. The maximum atomic E-state index is 6.37. The van der Waals surface area contributed by atoms with Crippen LogP contribution in [0.25, 0.3) is 60.3 Å². The molecule has 184 valence electrons. The Morgan fingerprint density at radius 3 is 1.59 bits per heavy atom. The molecule has 0 amide bonds. The van der Waals surface area contributed by atoms with Gasteiger partial charge in [-0.1, -0.05) is 127 Å². The molecule has 0 N–H and O–H groups in total. The number of benzene rings is 6. The number of furan rings is 1. The Morgan fingerprint density at radius 1 is 0.410 bits per heavy atom. The molecule has 0 fully saturated rings. The van der Waals surface area contributed by atoms with E-state index in [1.165, 1.54) is 65.9 Å². The molecule has 0 saturated carbocycles. The van der Waals surface area contributed by atoms with Gasteiger partial charge in [0.25, 0.3) is 0 Å². The van der Waals surface area contributed by atoms with Crippen molar-refractivity contribution in [3.8, 4) is 22.3 Å². The largest absolute Gasteiger partial charge is 0.460 e. The lowest BCUT2D eigenvalue weighted by Gasteiger charge is -2.21. The van der Waals surface area contributed by atoms with Crippen LogP contribution < -0.4 is 0 Å². The molecule has 0 spiro atoms. The van der Waals surface area contributed by atoms with Crippen LogP contribution in [0.1, 0.15) is 23.3 Å². The quantitative estimate of drug-likeness (QED) is 0.221. The zero-order valence-corrected chi connectivity index (χ0v) is 21.5. The Hall–Kier alpha value is -4.88. The van der Waals surface area contributed by atoms with Crippen LogP contribution in [-0.2, 0) is 6.42 Å². The Labute approximate surface area is 227 Å². The normalized spacial score (nSPS) is 13.1. The lowest BCUT2D eigenvalue weighted by Crippen LogP contribution is -2.01. The summed E-state index contributed by atoms with van der Waals surface area (Å²) < 4.78 is 6.37. The van der Waals surface area contributed by atoms with Gasteiger partial charge >= 0.3 is 0 Å². The van der Waals surface area contributed by atoms with E-state index < -0.39 is 0 Å². The van der Waals surface area contributed by atoms with Crippen molar-refractivity contribution in [1.82, 2.24) is 0 Å². The first-order valence-electron chi connectivity index (χ1n) is 13.7. The van der Waals surface area contributed by atoms with Crippen molar-refractivity contribution in [2.75, 3.05) is 0 Å². The number of hydrogen-bond acceptors (Lipinski definition) is 1. The standard InChI is InChI=1S/C38H26O/c1-2-11-25(12-3-1)26-21-23-27(24-22-26)36-28-13-4-6-15-30(28)37(31-16-7-5-14-29(31)36)33-18-10-20-35-38(33)32-17-8-9-19-34(32)39-35/h1-9,11-19,21-24H,10,20H2. The molecule has 7 aromatic rings. The zero-order chi connectivity index (χ0) is 25.8. The molecule has 0 saturated heterocycles. The highest BCUT2D eigenvalue weighted by Gasteiger charge is 2.25. The van der Waals surface area contributed by atoms with Gasteiger partial charge in [0.2, 0.25) is 0 Å². The monoisotopic (exact) mass is 498 g/mol. The molecule has 0 bridgehead atoms.